The van der Waals surface area contributed by atoms with Crippen molar-refractivity contribution in [1.29, 1.82) is 0 Å². The Hall–Kier alpha value is -1.03. The lowest BCUT2D eigenvalue weighted by Gasteiger charge is -2.02. The third-order valence-corrected chi connectivity index (χ3v) is 1.84. The van der Waals surface area contributed by atoms with Gasteiger partial charge < -0.3 is 4.79 Å². The van der Waals surface area contributed by atoms with Crippen LogP contribution < -0.4 is 0 Å². The van der Waals surface area contributed by atoms with Crippen molar-refractivity contribution in [2.45, 2.75) is 19.8 Å². The molecule has 84 valence electrons. The number of ketones is 1. The highest BCUT2D eigenvalue weighted by molar-refractivity contribution is 5.85. The van der Waals surface area contributed by atoms with Crippen LogP contribution in [0.4, 0.5) is 13.2 Å². The molecule has 0 heterocycles. The normalized spacial score (nSPS) is 9.60. The van der Waals surface area contributed by atoms with Crippen molar-refractivity contribution >= 4 is 18.2 Å². The first kappa shape index (κ1) is 14.0. The molecule has 0 atom stereocenters. The summed E-state index contributed by atoms with van der Waals surface area (Å²) in [7, 11) is 0. The van der Waals surface area contributed by atoms with Gasteiger partial charge in [0.2, 0.25) is 0 Å². The Labute approximate surface area is 91.7 Å². The van der Waals surface area contributed by atoms with Crippen LogP contribution >= 0.6 is 12.4 Å². The third-order valence-electron chi connectivity index (χ3n) is 1.84. The molecule has 1 aromatic carbocycles. The number of hydrogen-bond acceptors (Lipinski definition) is 1. The van der Waals surface area contributed by atoms with Crippen LogP contribution in [0.2, 0.25) is 0 Å². The summed E-state index contributed by atoms with van der Waals surface area (Å²) in [6.07, 6.45) is 0.223. The van der Waals surface area contributed by atoms with Crippen LogP contribution in [0.5, 0.6) is 0 Å². The summed E-state index contributed by atoms with van der Waals surface area (Å²) in [5, 5.41) is 0. The first-order valence-corrected chi connectivity index (χ1v) is 4.13. The topological polar surface area (TPSA) is 17.1 Å². The smallest absolute Gasteiger partial charge is 0.161 e. The minimum atomic E-state index is -1.21. The molecule has 15 heavy (non-hydrogen) atoms. The Balaban J connectivity index is 0.00000196. The minimum Gasteiger partial charge on any atom is -0.300 e. The van der Waals surface area contributed by atoms with E-state index in [-0.39, 0.29) is 36.6 Å². The molecular weight excluding hydrogens is 229 g/mol. The van der Waals surface area contributed by atoms with E-state index in [9.17, 15) is 18.0 Å². The van der Waals surface area contributed by atoms with Crippen molar-refractivity contribution in [1.82, 2.24) is 0 Å². The van der Waals surface area contributed by atoms with Gasteiger partial charge in [0, 0.05) is 12.5 Å². The van der Waals surface area contributed by atoms with E-state index < -0.39 is 17.5 Å². The van der Waals surface area contributed by atoms with Gasteiger partial charge in [-0.1, -0.05) is 0 Å². The molecule has 0 saturated carbocycles. The fourth-order valence-corrected chi connectivity index (χ4v) is 1.07. The van der Waals surface area contributed by atoms with Gasteiger partial charge in [0.25, 0.3) is 0 Å². The Morgan fingerprint density at radius 1 is 1.13 bits per heavy atom. The lowest BCUT2D eigenvalue weighted by atomic mass is 10.1. The second kappa shape index (κ2) is 5.75. The fourth-order valence-electron chi connectivity index (χ4n) is 1.07. The highest BCUT2D eigenvalue weighted by Gasteiger charge is 2.09. The van der Waals surface area contributed by atoms with Crippen molar-refractivity contribution < 1.29 is 18.0 Å². The molecule has 0 bridgehead atoms. The van der Waals surface area contributed by atoms with Gasteiger partial charge in [-0.15, -0.1) is 12.4 Å². The number of benzene rings is 1. The van der Waals surface area contributed by atoms with Gasteiger partial charge in [0.05, 0.1) is 0 Å². The summed E-state index contributed by atoms with van der Waals surface area (Å²) in [6, 6.07) is 1.28. The zero-order valence-electron chi connectivity index (χ0n) is 8.02. The lowest BCUT2D eigenvalue weighted by Crippen LogP contribution is -1.99. The summed E-state index contributed by atoms with van der Waals surface area (Å²) in [4.78, 5) is 10.6. The molecule has 0 aliphatic heterocycles. The van der Waals surface area contributed by atoms with Crippen LogP contribution in [0.1, 0.15) is 18.9 Å². The zero-order chi connectivity index (χ0) is 10.7. The van der Waals surface area contributed by atoms with Crippen LogP contribution in [0.15, 0.2) is 12.1 Å². The fraction of sp³-hybridized carbons (Fsp3) is 0.300. The van der Waals surface area contributed by atoms with Gasteiger partial charge in [0.1, 0.15) is 11.6 Å². The Kier molecular flexibility index (Phi) is 5.36. The van der Waals surface area contributed by atoms with Crippen molar-refractivity contribution in [3.05, 3.63) is 35.1 Å². The maximum Gasteiger partial charge on any atom is 0.161 e. The molecule has 0 radical (unpaired) electrons. The molecule has 0 amide bonds. The highest BCUT2D eigenvalue weighted by Crippen LogP contribution is 2.15. The van der Waals surface area contributed by atoms with E-state index in [0.29, 0.717) is 6.07 Å². The molecule has 1 nitrogen and oxygen atoms in total. The quantitative estimate of drug-likeness (QED) is 0.740. The second-order valence-electron chi connectivity index (χ2n) is 3.06. The van der Waals surface area contributed by atoms with E-state index >= 15 is 0 Å². The number of carbonyl (C=O) groups excluding carboxylic acids is 1. The van der Waals surface area contributed by atoms with Crippen LogP contribution in [0.25, 0.3) is 0 Å². The minimum absolute atomic E-state index is 0. The van der Waals surface area contributed by atoms with Gasteiger partial charge in [-0.2, -0.15) is 0 Å². The molecule has 0 unspecified atom stereocenters. The van der Waals surface area contributed by atoms with E-state index in [0.717, 1.165) is 6.07 Å². The molecule has 0 aliphatic rings. The first-order chi connectivity index (χ1) is 6.50. The van der Waals surface area contributed by atoms with E-state index in [1.165, 1.54) is 6.92 Å². The molecule has 0 fully saturated rings. The maximum absolute atomic E-state index is 13.0. The Morgan fingerprint density at radius 3 is 2.20 bits per heavy atom. The summed E-state index contributed by atoms with van der Waals surface area (Å²) in [5.74, 6) is -3.24. The maximum atomic E-state index is 13.0. The molecular formula is C10H10ClF3O. The number of hydrogen-bond donors (Lipinski definition) is 0. The molecule has 0 spiro atoms. The molecule has 1 aromatic rings. The van der Waals surface area contributed by atoms with Crippen LogP contribution in [-0.4, -0.2) is 5.78 Å². The van der Waals surface area contributed by atoms with Crippen molar-refractivity contribution in [3.63, 3.8) is 0 Å². The predicted octanol–water partition coefficient (Wildman–Crippen LogP) is 3.05. The van der Waals surface area contributed by atoms with E-state index in [4.69, 9.17) is 0 Å². The molecule has 0 aromatic heterocycles. The number of halogens is 4. The van der Waals surface area contributed by atoms with Gasteiger partial charge in [-0.05, 0) is 25.0 Å². The van der Waals surface area contributed by atoms with Crippen molar-refractivity contribution in [3.8, 4) is 0 Å². The van der Waals surface area contributed by atoms with Crippen molar-refractivity contribution in [2.75, 3.05) is 0 Å². The van der Waals surface area contributed by atoms with Crippen LogP contribution in [0, 0.1) is 17.5 Å². The van der Waals surface area contributed by atoms with E-state index in [1.807, 2.05) is 0 Å². The van der Waals surface area contributed by atoms with Gasteiger partial charge in [-0.3, -0.25) is 0 Å². The summed E-state index contributed by atoms with van der Waals surface area (Å²) >= 11 is 0. The van der Waals surface area contributed by atoms with Crippen LogP contribution in [0.3, 0.4) is 0 Å². The average molecular weight is 239 g/mol. The molecule has 0 aliphatic carbocycles. The average Bonchev–Trinajstić information content (AvgIpc) is 2.09. The zero-order valence-corrected chi connectivity index (χ0v) is 8.84. The van der Waals surface area contributed by atoms with Crippen molar-refractivity contribution in [2.24, 2.45) is 0 Å². The van der Waals surface area contributed by atoms with Gasteiger partial charge in [-0.25, -0.2) is 13.2 Å². The summed E-state index contributed by atoms with van der Waals surface area (Å²) < 4.78 is 38.1. The number of rotatable bonds is 3. The van der Waals surface area contributed by atoms with E-state index in [2.05, 4.69) is 0 Å². The molecule has 0 saturated heterocycles. The second-order valence-corrected chi connectivity index (χ2v) is 3.06. The standard InChI is InChI=1S/C10H9F3O.ClH/c1-6(14)2-3-7-4-9(12)10(13)5-8(7)11;/h4-5H,2-3H2,1H3;1H. The largest absolute Gasteiger partial charge is 0.300 e. The number of aryl methyl sites for hydroxylation is 1. The lowest BCUT2D eigenvalue weighted by molar-refractivity contribution is -0.116. The first-order valence-electron chi connectivity index (χ1n) is 4.13. The van der Waals surface area contributed by atoms with Gasteiger partial charge >= 0.3 is 0 Å². The van der Waals surface area contributed by atoms with Crippen LogP contribution in [-0.2, 0) is 11.2 Å². The number of Topliss-reactive ketones (excluding diaryl/α,β-unsaturated/α-hetero) is 1. The molecule has 5 heteroatoms. The third kappa shape index (κ3) is 3.91. The monoisotopic (exact) mass is 238 g/mol. The number of carbonyl (C=O) groups is 1. The van der Waals surface area contributed by atoms with E-state index in [1.54, 1.807) is 0 Å². The molecule has 0 N–H and O–H groups in total. The molecule has 1 rings (SSSR count). The SMILES string of the molecule is CC(=O)CCc1cc(F)c(F)cc1F.Cl. The Morgan fingerprint density at radius 2 is 1.67 bits per heavy atom. The predicted molar refractivity (Wildman–Crippen MR) is 52.6 cm³/mol. The highest BCUT2D eigenvalue weighted by atomic mass is 35.5. The summed E-state index contributed by atoms with van der Waals surface area (Å²) in [6.45, 7) is 1.36. The van der Waals surface area contributed by atoms with Gasteiger partial charge in [0.15, 0.2) is 11.6 Å². The Bertz CT molecular complexity index is 366. The summed E-state index contributed by atoms with van der Waals surface area (Å²) in [5.41, 5.74) is 0.0269.